The lowest BCUT2D eigenvalue weighted by atomic mass is 9.49. The quantitative estimate of drug-likeness (QED) is 0.921. The van der Waals surface area contributed by atoms with Gasteiger partial charge in [0.2, 0.25) is 5.91 Å². The van der Waals surface area contributed by atoms with Crippen LogP contribution in [0, 0.1) is 30.1 Å². The van der Waals surface area contributed by atoms with Crippen molar-refractivity contribution >= 4 is 17.2 Å². The summed E-state index contributed by atoms with van der Waals surface area (Å²) in [5, 5.41) is 6.41. The van der Waals surface area contributed by atoms with Crippen molar-refractivity contribution in [2.45, 2.75) is 58.4 Å². The first kappa shape index (κ1) is 13.7. The summed E-state index contributed by atoms with van der Waals surface area (Å²) < 4.78 is 0. The molecule has 4 aliphatic rings. The Morgan fingerprint density at radius 3 is 2.33 bits per heavy atom. The Morgan fingerprint density at radius 2 is 1.86 bits per heavy atom. The zero-order chi connectivity index (χ0) is 14.6. The lowest BCUT2D eigenvalue weighted by molar-refractivity contribution is -0.147. The number of carbonyl (C=O) groups excluding carboxylic acids is 1. The van der Waals surface area contributed by atoms with E-state index in [4.69, 9.17) is 0 Å². The zero-order valence-electron chi connectivity index (χ0n) is 12.9. The lowest BCUT2D eigenvalue weighted by Gasteiger charge is -2.55. The molecule has 5 rings (SSSR count). The number of rotatable bonds is 3. The molecule has 4 bridgehead atoms. The molecule has 1 atom stereocenters. The van der Waals surface area contributed by atoms with Crippen molar-refractivity contribution in [1.82, 2.24) is 10.3 Å². The van der Waals surface area contributed by atoms with Crippen molar-refractivity contribution in [2.75, 3.05) is 0 Å². The van der Waals surface area contributed by atoms with Crippen molar-refractivity contribution in [3.05, 3.63) is 16.1 Å². The van der Waals surface area contributed by atoms with Gasteiger partial charge in [-0.25, -0.2) is 4.98 Å². The van der Waals surface area contributed by atoms with Gasteiger partial charge >= 0.3 is 0 Å². The number of carbonyl (C=O) groups is 1. The molecule has 0 radical (unpaired) electrons. The van der Waals surface area contributed by atoms with Gasteiger partial charge in [-0.2, -0.15) is 0 Å². The number of nitrogens with one attached hydrogen (secondary N) is 1. The summed E-state index contributed by atoms with van der Waals surface area (Å²) in [5.74, 6) is 2.76. The SMILES string of the molecule is Cc1nc(C(C)NC(=O)C23CC4CC(CC(C4)C2)C3)cs1. The van der Waals surface area contributed by atoms with Gasteiger partial charge in [0.15, 0.2) is 0 Å². The molecule has 0 spiro atoms. The monoisotopic (exact) mass is 304 g/mol. The van der Waals surface area contributed by atoms with Crippen LogP contribution in [0.2, 0.25) is 0 Å². The summed E-state index contributed by atoms with van der Waals surface area (Å²) in [6, 6.07) is 0.0375. The van der Waals surface area contributed by atoms with Crippen molar-refractivity contribution in [2.24, 2.45) is 23.2 Å². The molecular weight excluding hydrogens is 280 g/mol. The van der Waals surface area contributed by atoms with E-state index in [9.17, 15) is 4.79 Å². The summed E-state index contributed by atoms with van der Waals surface area (Å²) in [4.78, 5) is 17.5. The molecule has 1 aromatic heterocycles. The molecule has 1 amide bonds. The largest absolute Gasteiger partial charge is 0.347 e. The van der Waals surface area contributed by atoms with Crippen LogP contribution < -0.4 is 5.32 Å². The maximum atomic E-state index is 13.0. The number of hydrogen-bond acceptors (Lipinski definition) is 3. The highest BCUT2D eigenvalue weighted by Crippen LogP contribution is 2.60. The number of hydrogen-bond donors (Lipinski definition) is 1. The topological polar surface area (TPSA) is 42.0 Å². The smallest absolute Gasteiger partial charge is 0.226 e. The summed E-state index contributed by atoms with van der Waals surface area (Å²) in [7, 11) is 0. The van der Waals surface area contributed by atoms with Crippen molar-refractivity contribution in [1.29, 1.82) is 0 Å². The molecule has 3 nitrogen and oxygen atoms in total. The van der Waals surface area contributed by atoms with Crippen molar-refractivity contribution < 1.29 is 4.79 Å². The molecule has 1 aromatic rings. The van der Waals surface area contributed by atoms with Crippen LogP contribution in [0.1, 0.15) is 62.2 Å². The minimum Gasteiger partial charge on any atom is -0.347 e. The third kappa shape index (κ3) is 2.32. The van der Waals surface area contributed by atoms with E-state index in [1.54, 1.807) is 11.3 Å². The Labute approximate surface area is 130 Å². The van der Waals surface area contributed by atoms with E-state index in [2.05, 4.69) is 22.6 Å². The van der Waals surface area contributed by atoms with E-state index in [0.717, 1.165) is 47.7 Å². The number of nitrogens with zero attached hydrogens (tertiary/aromatic N) is 1. The van der Waals surface area contributed by atoms with E-state index < -0.39 is 0 Å². The standard InChI is InChI=1S/C17H24N2OS/c1-10(15-9-21-11(2)19-15)18-16(20)17-6-12-3-13(7-17)5-14(4-12)8-17/h9-10,12-14H,3-8H2,1-2H3,(H,18,20). The maximum Gasteiger partial charge on any atom is 0.226 e. The molecule has 1 heterocycles. The third-order valence-electron chi connectivity index (χ3n) is 5.95. The zero-order valence-corrected chi connectivity index (χ0v) is 13.7. The predicted molar refractivity (Wildman–Crippen MR) is 84.0 cm³/mol. The van der Waals surface area contributed by atoms with Gasteiger partial charge in [-0.15, -0.1) is 11.3 Å². The molecule has 4 heteroatoms. The van der Waals surface area contributed by atoms with Gasteiger partial charge in [0, 0.05) is 10.8 Å². The molecule has 0 aliphatic heterocycles. The average Bonchev–Trinajstić information content (AvgIpc) is 2.84. The Bertz CT molecular complexity index is 530. The predicted octanol–water partition coefficient (Wildman–Crippen LogP) is 3.85. The second-order valence-corrected chi connectivity index (χ2v) is 8.75. The lowest BCUT2D eigenvalue weighted by Crippen LogP contribution is -2.53. The normalized spacial score (nSPS) is 38.5. The van der Waals surface area contributed by atoms with Gasteiger partial charge in [-0.05, 0) is 70.1 Å². The minimum atomic E-state index is -0.0475. The Hall–Kier alpha value is -0.900. The highest BCUT2D eigenvalue weighted by atomic mass is 32.1. The molecule has 4 saturated carbocycles. The van der Waals surface area contributed by atoms with Crippen LogP contribution in [0.4, 0.5) is 0 Å². The minimum absolute atomic E-state index is 0.0375. The van der Waals surface area contributed by atoms with Gasteiger partial charge in [-0.1, -0.05) is 0 Å². The molecule has 1 unspecified atom stereocenters. The Balaban J connectivity index is 1.50. The van der Waals surface area contributed by atoms with Gasteiger partial charge in [-0.3, -0.25) is 4.79 Å². The number of thiazole rings is 1. The molecule has 1 N–H and O–H groups in total. The van der Waals surface area contributed by atoms with Crippen LogP contribution in [0.5, 0.6) is 0 Å². The van der Waals surface area contributed by atoms with Crippen molar-refractivity contribution in [3.63, 3.8) is 0 Å². The van der Waals surface area contributed by atoms with Crippen LogP contribution >= 0.6 is 11.3 Å². The van der Waals surface area contributed by atoms with E-state index in [0.29, 0.717) is 5.91 Å². The van der Waals surface area contributed by atoms with E-state index in [1.165, 1.54) is 19.3 Å². The van der Waals surface area contributed by atoms with Crippen LogP contribution in [0.15, 0.2) is 5.38 Å². The first-order valence-electron chi connectivity index (χ1n) is 8.27. The average molecular weight is 304 g/mol. The van der Waals surface area contributed by atoms with Gasteiger partial charge in [0.05, 0.1) is 16.7 Å². The fourth-order valence-electron chi connectivity index (χ4n) is 5.39. The second-order valence-electron chi connectivity index (χ2n) is 7.68. The van der Waals surface area contributed by atoms with Crippen LogP contribution in [-0.2, 0) is 4.79 Å². The summed E-state index contributed by atoms with van der Waals surface area (Å²) >= 11 is 1.66. The van der Waals surface area contributed by atoms with E-state index >= 15 is 0 Å². The molecule has 4 fully saturated rings. The second kappa shape index (κ2) is 4.80. The van der Waals surface area contributed by atoms with E-state index in [-0.39, 0.29) is 11.5 Å². The fourth-order valence-corrected chi connectivity index (χ4v) is 6.10. The first-order valence-corrected chi connectivity index (χ1v) is 9.15. The molecular formula is C17H24N2OS. The maximum absolute atomic E-state index is 13.0. The molecule has 114 valence electrons. The van der Waals surface area contributed by atoms with Crippen LogP contribution in [0.3, 0.4) is 0 Å². The van der Waals surface area contributed by atoms with Gasteiger partial charge in [0.25, 0.3) is 0 Å². The third-order valence-corrected chi connectivity index (χ3v) is 6.74. The molecule has 0 aromatic carbocycles. The fraction of sp³-hybridized carbons (Fsp3) is 0.765. The molecule has 21 heavy (non-hydrogen) atoms. The Morgan fingerprint density at radius 1 is 1.29 bits per heavy atom. The van der Waals surface area contributed by atoms with Crippen LogP contribution in [0.25, 0.3) is 0 Å². The van der Waals surface area contributed by atoms with Gasteiger partial charge in [0.1, 0.15) is 0 Å². The highest BCUT2D eigenvalue weighted by molar-refractivity contribution is 7.09. The summed E-state index contributed by atoms with van der Waals surface area (Å²) in [6.45, 7) is 4.08. The van der Waals surface area contributed by atoms with Crippen molar-refractivity contribution in [3.8, 4) is 0 Å². The van der Waals surface area contributed by atoms with Gasteiger partial charge < -0.3 is 5.32 Å². The summed E-state index contributed by atoms with van der Waals surface area (Å²) in [6.07, 6.45) is 7.54. The summed E-state index contributed by atoms with van der Waals surface area (Å²) in [5.41, 5.74) is 0.962. The molecule has 0 saturated heterocycles. The van der Waals surface area contributed by atoms with E-state index in [1.807, 2.05) is 6.92 Å². The first-order chi connectivity index (χ1) is 10.0. The number of aryl methyl sites for hydroxylation is 1. The molecule has 4 aliphatic carbocycles. The highest BCUT2D eigenvalue weighted by Gasteiger charge is 2.54. The van der Waals surface area contributed by atoms with Crippen LogP contribution in [-0.4, -0.2) is 10.9 Å². The Kier molecular flexibility index (Phi) is 3.14. The number of amides is 1. The number of aromatic nitrogens is 1.